The standard InChI is InChI=1S/C63H55BN2OS/c1-60(2,3)34-20-24-37(25-21-34)66-49-32-46-41(40-28-35(61(4,5)6)22-26-45(40)63(46,10)11)30-44(49)54-55-39-17-12-14-18-51(39)67-59(55)56-43-29-36(62(7,8)9)23-27-48(43)65-50-31-42-38-16-13-15-19-52(38)68-53(42)33-47(50)64(66)57(54)58(56)65/h12-33H,1-11H3. The highest BCUT2D eigenvalue weighted by atomic mass is 32.1. The topological polar surface area (TPSA) is 21.3 Å². The largest absolute Gasteiger partial charge is 0.455 e. The molecular weight excluding hydrogens is 844 g/mol. The van der Waals surface area contributed by atoms with E-state index in [1.165, 1.54) is 131 Å². The summed E-state index contributed by atoms with van der Waals surface area (Å²) in [5.41, 5.74) is 22.6. The lowest BCUT2D eigenvalue weighted by Gasteiger charge is -2.43. The Bertz CT molecular complexity index is 4060. The van der Waals surface area contributed by atoms with E-state index in [-0.39, 0.29) is 28.5 Å². The fraction of sp³-hybridized carbons (Fsp3) is 0.238. The van der Waals surface area contributed by atoms with Crippen LogP contribution in [0.1, 0.15) is 104 Å². The molecule has 0 saturated carbocycles. The number of aromatic nitrogens is 1. The van der Waals surface area contributed by atoms with E-state index in [1.54, 1.807) is 0 Å². The molecule has 5 heteroatoms. The van der Waals surface area contributed by atoms with Crippen molar-refractivity contribution in [3.63, 3.8) is 0 Å². The van der Waals surface area contributed by atoms with Gasteiger partial charge in [-0.25, -0.2) is 0 Å². The predicted octanol–water partition coefficient (Wildman–Crippen LogP) is 16.5. The van der Waals surface area contributed by atoms with Crippen LogP contribution in [-0.4, -0.2) is 11.4 Å². The van der Waals surface area contributed by atoms with Crippen LogP contribution in [0.4, 0.5) is 11.4 Å². The van der Waals surface area contributed by atoms with Crippen LogP contribution in [0.2, 0.25) is 0 Å². The van der Waals surface area contributed by atoms with Crippen molar-refractivity contribution in [2.45, 2.75) is 97.8 Å². The summed E-state index contributed by atoms with van der Waals surface area (Å²) in [5.74, 6) is 0. The third-order valence-electron chi connectivity index (χ3n) is 16.2. The van der Waals surface area contributed by atoms with E-state index >= 15 is 0 Å². The maximum Gasteiger partial charge on any atom is 0.333 e. The zero-order valence-electron chi connectivity index (χ0n) is 41.0. The van der Waals surface area contributed by atoms with Crippen LogP contribution in [0.25, 0.3) is 91.9 Å². The summed E-state index contributed by atoms with van der Waals surface area (Å²) < 4.78 is 12.6. The zero-order chi connectivity index (χ0) is 46.7. The smallest absolute Gasteiger partial charge is 0.333 e. The molecule has 14 rings (SSSR count). The zero-order valence-corrected chi connectivity index (χ0v) is 41.8. The minimum atomic E-state index is -0.204. The van der Waals surface area contributed by atoms with Crippen LogP contribution < -0.4 is 15.7 Å². The second-order valence-electron chi connectivity index (χ2n) is 23.8. The lowest BCUT2D eigenvalue weighted by atomic mass is 9.43. The van der Waals surface area contributed by atoms with E-state index in [1.807, 2.05) is 11.3 Å². The Morgan fingerprint density at radius 2 is 1.19 bits per heavy atom. The van der Waals surface area contributed by atoms with Crippen molar-refractivity contribution in [3.8, 4) is 27.9 Å². The SMILES string of the molecule is CC(C)(C)c1ccc(N2B3c4cc5sc6ccccc6c5cc4-n4c5ccc(C(C)(C)C)cc5c5c6oc7ccccc7c6c(c3c54)-c3cc4c(cc32)C(C)(C)c2ccc(C(C)(C)C)cc2-4)cc1. The average molecular weight is 899 g/mol. The van der Waals surface area contributed by atoms with E-state index in [9.17, 15) is 0 Å². The Morgan fingerprint density at radius 1 is 0.529 bits per heavy atom. The summed E-state index contributed by atoms with van der Waals surface area (Å²) in [5, 5.41) is 7.45. The molecule has 11 aromatic rings. The molecular formula is C63H55BN2OS. The molecule has 2 aliphatic heterocycles. The first-order valence-electron chi connectivity index (χ1n) is 24.5. The van der Waals surface area contributed by atoms with E-state index in [4.69, 9.17) is 4.42 Å². The molecule has 0 spiro atoms. The van der Waals surface area contributed by atoms with Crippen molar-refractivity contribution in [1.82, 2.24) is 4.57 Å². The quantitative estimate of drug-likeness (QED) is 0.153. The summed E-state index contributed by atoms with van der Waals surface area (Å²) in [6, 6.07) is 52.1. The average Bonchev–Trinajstić information content (AvgIpc) is 4.03. The molecule has 0 N–H and O–H groups in total. The first kappa shape index (κ1) is 40.5. The molecule has 0 bridgehead atoms. The molecule has 68 heavy (non-hydrogen) atoms. The highest BCUT2D eigenvalue weighted by Gasteiger charge is 2.48. The lowest BCUT2D eigenvalue weighted by molar-refractivity contribution is 0.589. The van der Waals surface area contributed by atoms with Gasteiger partial charge in [0.15, 0.2) is 0 Å². The molecule has 5 heterocycles. The van der Waals surface area contributed by atoms with Crippen molar-refractivity contribution in [1.29, 1.82) is 0 Å². The molecule has 8 aromatic carbocycles. The molecule has 0 radical (unpaired) electrons. The Morgan fingerprint density at radius 3 is 1.94 bits per heavy atom. The number of rotatable bonds is 1. The van der Waals surface area contributed by atoms with Crippen LogP contribution >= 0.6 is 11.3 Å². The van der Waals surface area contributed by atoms with Gasteiger partial charge in [-0.15, -0.1) is 11.3 Å². The minimum absolute atomic E-state index is 0.0178. The van der Waals surface area contributed by atoms with Gasteiger partial charge in [0.05, 0.1) is 16.4 Å². The van der Waals surface area contributed by atoms with Crippen LogP contribution in [0.15, 0.2) is 138 Å². The normalized spacial score (nSPS) is 15.0. The predicted molar refractivity (Wildman–Crippen MR) is 294 cm³/mol. The molecule has 0 atom stereocenters. The van der Waals surface area contributed by atoms with Gasteiger partial charge in [-0.05, 0) is 132 Å². The van der Waals surface area contributed by atoms with Gasteiger partial charge in [-0.1, -0.05) is 149 Å². The van der Waals surface area contributed by atoms with Crippen molar-refractivity contribution < 1.29 is 4.42 Å². The van der Waals surface area contributed by atoms with Gasteiger partial charge in [0.2, 0.25) is 0 Å². The van der Waals surface area contributed by atoms with Crippen LogP contribution in [-0.2, 0) is 21.7 Å². The second kappa shape index (κ2) is 12.9. The van der Waals surface area contributed by atoms with Gasteiger partial charge in [-0.2, -0.15) is 0 Å². The van der Waals surface area contributed by atoms with Gasteiger partial charge in [0, 0.05) is 64.4 Å². The van der Waals surface area contributed by atoms with Crippen LogP contribution in [0, 0.1) is 0 Å². The van der Waals surface area contributed by atoms with Crippen molar-refractivity contribution >= 4 is 104 Å². The molecule has 3 nitrogen and oxygen atoms in total. The lowest BCUT2D eigenvalue weighted by Crippen LogP contribution is -2.60. The highest BCUT2D eigenvalue weighted by Crippen LogP contribution is 2.57. The van der Waals surface area contributed by atoms with Crippen LogP contribution in [0.3, 0.4) is 0 Å². The fourth-order valence-electron chi connectivity index (χ4n) is 12.6. The molecule has 3 aromatic heterocycles. The Balaban J connectivity index is 1.22. The Hall–Kier alpha value is -6.56. The maximum atomic E-state index is 7.32. The number of para-hydroxylation sites is 1. The van der Waals surface area contributed by atoms with E-state index in [0.717, 1.165) is 11.2 Å². The molecule has 332 valence electrons. The minimum Gasteiger partial charge on any atom is -0.455 e. The van der Waals surface area contributed by atoms with Crippen molar-refractivity contribution in [2.24, 2.45) is 0 Å². The Kier molecular flexibility index (Phi) is 7.71. The monoisotopic (exact) mass is 898 g/mol. The van der Waals surface area contributed by atoms with Gasteiger partial charge < -0.3 is 13.8 Å². The van der Waals surface area contributed by atoms with Gasteiger partial charge in [0.1, 0.15) is 11.2 Å². The van der Waals surface area contributed by atoms with E-state index < -0.39 is 0 Å². The number of benzene rings is 8. The fourth-order valence-corrected chi connectivity index (χ4v) is 13.7. The summed E-state index contributed by atoms with van der Waals surface area (Å²) >= 11 is 1.92. The number of nitrogens with zero attached hydrogens (tertiary/aromatic N) is 2. The van der Waals surface area contributed by atoms with Gasteiger partial charge in [-0.3, -0.25) is 0 Å². The first-order chi connectivity index (χ1) is 32.4. The molecule has 0 fully saturated rings. The summed E-state index contributed by atoms with van der Waals surface area (Å²) in [4.78, 5) is 2.73. The van der Waals surface area contributed by atoms with Gasteiger partial charge in [0.25, 0.3) is 0 Å². The molecule has 0 saturated heterocycles. The van der Waals surface area contributed by atoms with E-state index in [2.05, 4.69) is 219 Å². The number of furan rings is 1. The number of hydrogen-bond acceptors (Lipinski definition) is 3. The molecule has 3 aliphatic rings. The van der Waals surface area contributed by atoms with Crippen molar-refractivity contribution in [2.75, 3.05) is 4.81 Å². The second-order valence-corrected chi connectivity index (χ2v) is 24.8. The van der Waals surface area contributed by atoms with Gasteiger partial charge >= 0.3 is 6.85 Å². The summed E-state index contributed by atoms with van der Waals surface area (Å²) in [6.07, 6.45) is 0. The van der Waals surface area contributed by atoms with Crippen molar-refractivity contribution in [3.05, 3.63) is 161 Å². The van der Waals surface area contributed by atoms with Crippen LogP contribution in [0.5, 0.6) is 0 Å². The summed E-state index contributed by atoms with van der Waals surface area (Å²) in [6.45, 7) is 25.7. The number of anilines is 2. The Labute approximate surface area is 403 Å². The molecule has 0 unspecified atom stereocenters. The van der Waals surface area contributed by atoms with E-state index in [0.29, 0.717) is 0 Å². The maximum absolute atomic E-state index is 7.32. The third-order valence-corrected chi connectivity index (χ3v) is 17.4. The molecule has 1 aliphatic carbocycles. The number of fused-ring (bicyclic) bond motifs is 19. The summed E-state index contributed by atoms with van der Waals surface area (Å²) in [7, 11) is 0. The third kappa shape index (κ3) is 5.21. The number of hydrogen-bond donors (Lipinski definition) is 0. The highest BCUT2D eigenvalue weighted by molar-refractivity contribution is 7.26. The molecule has 0 amide bonds. The first-order valence-corrected chi connectivity index (χ1v) is 25.3. The number of thiophene rings is 1.